The van der Waals surface area contributed by atoms with Crippen LogP contribution in [0.2, 0.25) is 0 Å². The SMILES string of the molecule is O=C1C=CCN(C(=O)c2ccccc2)C1c1ccccc1. The van der Waals surface area contributed by atoms with Gasteiger partial charge in [-0.05, 0) is 23.8 Å². The van der Waals surface area contributed by atoms with Gasteiger partial charge in [0.25, 0.3) is 5.91 Å². The van der Waals surface area contributed by atoms with Crippen molar-refractivity contribution in [3.8, 4) is 0 Å². The molecule has 1 unspecified atom stereocenters. The summed E-state index contributed by atoms with van der Waals surface area (Å²) in [5.74, 6) is -0.182. The number of hydrogen-bond acceptors (Lipinski definition) is 2. The van der Waals surface area contributed by atoms with Gasteiger partial charge in [-0.15, -0.1) is 0 Å². The Hall–Kier alpha value is -2.68. The van der Waals surface area contributed by atoms with Crippen molar-refractivity contribution in [2.75, 3.05) is 6.54 Å². The molecule has 0 aliphatic carbocycles. The van der Waals surface area contributed by atoms with Crippen molar-refractivity contribution in [1.82, 2.24) is 4.90 Å². The first-order valence-electron chi connectivity index (χ1n) is 6.89. The van der Waals surface area contributed by atoms with Crippen molar-refractivity contribution < 1.29 is 9.59 Å². The Morgan fingerprint density at radius 2 is 1.57 bits per heavy atom. The summed E-state index contributed by atoms with van der Waals surface area (Å²) >= 11 is 0. The summed E-state index contributed by atoms with van der Waals surface area (Å²) in [5.41, 5.74) is 1.44. The monoisotopic (exact) mass is 277 g/mol. The highest BCUT2D eigenvalue weighted by molar-refractivity contribution is 6.02. The van der Waals surface area contributed by atoms with Crippen LogP contribution in [0.3, 0.4) is 0 Å². The molecule has 0 radical (unpaired) electrons. The third-order valence-corrected chi connectivity index (χ3v) is 3.56. The van der Waals surface area contributed by atoms with Crippen LogP contribution in [0.25, 0.3) is 0 Å². The lowest BCUT2D eigenvalue weighted by atomic mass is 9.97. The average Bonchev–Trinajstić information content (AvgIpc) is 2.55. The number of benzene rings is 2. The minimum absolute atomic E-state index is 0.0586. The summed E-state index contributed by atoms with van der Waals surface area (Å²) in [5, 5.41) is 0. The molecule has 0 N–H and O–H groups in total. The van der Waals surface area contributed by atoms with Gasteiger partial charge in [-0.25, -0.2) is 0 Å². The molecule has 0 bridgehead atoms. The Labute approximate surface area is 123 Å². The van der Waals surface area contributed by atoms with Crippen LogP contribution in [0.15, 0.2) is 72.8 Å². The number of ketones is 1. The molecule has 104 valence electrons. The van der Waals surface area contributed by atoms with Crippen molar-refractivity contribution in [3.63, 3.8) is 0 Å². The molecule has 3 heteroatoms. The quantitative estimate of drug-likeness (QED) is 0.846. The van der Waals surface area contributed by atoms with E-state index in [2.05, 4.69) is 0 Å². The van der Waals surface area contributed by atoms with Crippen LogP contribution in [-0.4, -0.2) is 23.1 Å². The van der Waals surface area contributed by atoms with Gasteiger partial charge in [0.15, 0.2) is 5.78 Å². The second-order valence-corrected chi connectivity index (χ2v) is 4.94. The number of rotatable bonds is 2. The molecule has 0 spiro atoms. The molecule has 1 heterocycles. The summed E-state index contributed by atoms with van der Waals surface area (Å²) in [6.45, 7) is 0.443. The number of nitrogens with zero attached hydrogens (tertiary/aromatic N) is 1. The van der Waals surface area contributed by atoms with Gasteiger partial charge in [0.1, 0.15) is 6.04 Å². The van der Waals surface area contributed by atoms with Crippen LogP contribution in [0.1, 0.15) is 22.0 Å². The van der Waals surface area contributed by atoms with E-state index in [-0.39, 0.29) is 11.7 Å². The van der Waals surface area contributed by atoms with Crippen molar-refractivity contribution in [3.05, 3.63) is 83.9 Å². The first-order valence-corrected chi connectivity index (χ1v) is 6.89. The Balaban J connectivity index is 1.98. The fraction of sp³-hybridized carbons (Fsp3) is 0.111. The zero-order chi connectivity index (χ0) is 14.7. The van der Waals surface area contributed by atoms with E-state index in [0.717, 1.165) is 5.56 Å². The number of carbonyl (C=O) groups is 2. The second kappa shape index (κ2) is 5.75. The molecule has 1 aliphatic rings. The minimum Gasteiger partial charge on any atom is -0.320 e. The van der Waals surface area contributed by atoms with E-state index in [1.54, 1.807) is 29.2 Å². The maximum Gasteiger partial charge on any atom is 0.255 e. The molecule has 0 aromatic heterocycles. The maximum atomic E-state index is 12.7. The third-order valence-electron chi connectivity index (χ3n) is 3.56. The lowest BCUT2D eigenvalue weighted by Crippen LogP contribution is -2.41. The Morgan fingerprint density at radius 1 is 0.952 bits per heavy atom. The first kappa shape index (κ1) is 13.3. The van der Waals surface area contributed by atoms with Gasteiger partial charge in [0.2, 0.25) is 0 Å². The summed E-state index contributed by atoms with van der Waals surface area (Å²) in [6.07, 6.45) is 3.30. The Morgan fingerprint density at radius 3 is 2.24 bits per heavy atom. The molecule has 3 nitrogen and oxygen atoms in total. The molecule has 0 saturated heterocycles. The van der Waals surface area contributed by atoms with E-state index in [4.69, 9.17) is 0 Å². The highest BCUT2D eigenvalue weighted by atomic mass is 16.2. The van der Waals surface area contributed by atoms with Crippen LogP contribution < -0.4 is 0 Å². The van der Waals surface area contributed by atoms with Crippen molar-refractivity contribution in [2.24, 2.45) is 0 Å². The summed E-state index contributed by atoms with van der Waals surface area (Å²) in [7, 11) is 0. The fourth-order valence-electron chi connectivity index (χ4n) is 2.56. The van der Waals surface area contributed by atoms with Crippen LogP contribution in [0.5, 0.6) is 0 Å². The van der Waals surface area contributed by atoms with Gasteiger partial charge in [-0.1, -0.05) is 54.6 Å². The molecular formula is C18H15NO2. The highest BCUT2D eigenvalue weighted by Gasteiger charge is 2.31. The Kier molecular flexibility index (Phi) is 3.65. The molecule has 21 heavy (non-hydrogen) atoms. The molecule has 2 aromatic carbocycles. The predicted octanol–water partition coefficient (Wildman–Crippen LogP) is 3.01. The van der Waals surface area contributed by atoms with Crippen LogP contribution >= 0.6 is 0 Å². The number of carbonyl (C=O) groups excluding carboxylic acids is 2. The standard InChI is InChI=1S/C18H15NO2/c20-16-12-7-13-19(17(16)14-8-3-1-4-9-14)18(21)15-10-5-2-6-11-15/h1-12,17H,13H2. The van der Waals surface area contributed by atoms with E-state index < -0.39 is 6.04 Å². The molecule has 1 atom stereocenters. The van der Waals surface area contributed by atoms with E-state index in [9.17, 15) is 9.59 Å². The van der Waals surface area contributed by atoms with Gasteiger partial charge < -0.3 is 4.90 Å². The number of hydrogen-bond donors (Lipinski definition) is 0. The van der Waals surface area contributed by atoms with E-state index >= 15 is 0 Å². The molecule has 1 aliphatic heterocycles. The topological polar surface area (TPSA) is 37.4 Å². The maximum absolute atomic E-state index is 12.7. The van der Waals surface area contributed by atoms with E-state index in [1.807, 2.05) is 48.5 Å². The Bertz CT molecular complexity index is 677. The average molecular weight is 277 g/mol. The first-order chi connectivity index (χ1) is 10.3. The molecular weight excluding hydrogens is 262 g/mol. The lowest BCUT2D eigenvalue weighted by Gasteiger charge is -2.32. The summed E-state index contributed by atoms with van der Waals surface area (Å²) in [6, 6.07) is 17.9. The van der Waals surface area contributed by atoms with Crippen molar-refractivity contribution >= 4 is 11.7 Å². The van der Waals surface area contributed by atoms with Gasteiger partial charge >= 0.3 is 0 Å². The van der Waals surface area contributed by atoms with E-state index in [1.165, 1.54) is 0 Å². The van der Waals surface area contributed by atoms with E-state index in [0.29, 0.717) is 12.1 Å². The number of amides is 1. The molecule has 3 rings (SSSR count). The lowest BCUT2D eigenvalue weighted by molar-refractivity contribution is -0.119. The summed E-state index contributed by atoms with van der Waals surface area (Å²) in [4.78, 5) is 26.5. The normalized spacial score (nSPS) is 17.8. The third kappa shape index (κ3) is 2.63. The predicted molar refractivity (Wildman–Crippen MR) is 80.8 cm³/mol. The minimum atomic E-state index is -0.538. The van der Waals surface area contributed by atoms with Crippen LogP contribution in [-0.2, 0) is 4.79 Å². The fourth-order valence-corrected chi connectivity index (χ4v) is 2.56. The summed E-state index contributed by atoms with van der Waals surface area (Å²) < 4.78 is 0. The second-order valence-electron chi connectivity index (χ2n) is 4.94. The molecule has 0 saturated carbocycles. The molecule has 1 amide bonds. The van der Waals surface area contributed by atoms with Crippen molar-refractivity contribution in [1.29, 1.82) is 0 Å². The zero-order valence-corrected chi connectivity index (χ0v) is 11.5. The van der Waals surface area contributed by atoms with Gasteiger partial charge in [0, 0.05) is 12.1 Å². The largest absolute Gasteiger partial charge is 0.320 e. The van der Waals surface area contributed by atoms with Crippen LogP contribution in [0.4, 0.5) is 0 Å². The van der Waals surface area contributed by atoms with Gasteiger partial charge in [-0.2, -0.15) is 0 Å². The smallest absolute Gasteiger partial charge is 0.255 e. The van der Waals surface area contributed by atoms with Gasteiger partial charge in [0.05, 0.1) is 0 Å². The van der Waals surface area contributed by atoms with Crippen LogP contribution in [0, 0.1) is 0 Å². The zero-order valence-electron chi connectivity index (χ0n) is 11.5. The van der Waals surface area contributed by atoms with Gasteiger partial charge in [-0.3, -0.25) is 9.59 Å². The molecule has 0 fully saturated rings. The van der Waals surface area contributed by atoms with Crippen molar-refractivity contribution in [2.45, 2.75) is 6.04 Å². The highest BCUT2D eigenvalue weighted by Crippen LogP contribution is 2.26. The molecule has 2 aromatic rings.